The van der Waals surface area contributed by atoms with Crippen LogP contribution in [0.15, 0.2) is 15.9 Å². The second-order valence-electron chi connectivity index (χ2n) is 3.67. The third kappa shape index (κ3) is 3.93. The van der Waals surface area contributed by atoms with Gasteiger partial charge in [-0.3, -0.25) is 10.1 Å². The number of thiophene rings is 1. The second kappa shape index (κ2) is 5.63. The average Bonchev–Trinajstić information content (AvgIpc) is 2.50. The number of rotatable bonds is 5. The third-order valence-corrected chi connectivity index (χ3v) is 3.75. The molecule has 0 fully saturated rings. The summed E-state index contributed by atoms with van der Waals surface area (Å²) in [4.78, 5) is 12.0. The molecule has 0 aliphatic carbocycles. The first-order valence-electron chi connectivity index (χ1n) is 4.70. The number of halogens is 1. The first kappa shape index (κ1) is 12.7. The molecule has 0 radical (unpaired) electrons. The second-order valence-corrected chi connectivity index (χ2v) is 5.58. The maximum absolute atomic E-state index is 10.9. The van der Waals surface area contributed by atoms with E-state index in [2.05, 4.69) is 21.2 Å². The van der Waals surface area contributed by atoms with E-state index >= 15 is 0 Å². The van der Waals surface area contributed by atoms with Crippen molar-refractivity contribution in [3.8, 4) is 0 Å². The van der Waals surface area contributed by atoms with Crippen LogP contribution in [-0.4, -0.2) is 17.1 Å². The van der Waals surface area contributed by atoms with Gasteiger partial charge in [-0.2, -0.15) is 0 Å². The van der Waals surface area contributed by atoms with E-state index in [4.69, 9.17) is 5.11 Å². The zero-order chi connectivity index (χ0) is 11.4. The van der Waals surface area contributed by atoms with Gasteiger partial charge in [0.2, 0.25) is 0 Å². The Balaban J connectivity index is 2.50. The maximum atomic E-state index is 10.9. The van der Waals surface area contributed by atoms with Crippen LogP contribution in [-0.2, 0) is 11.3 Å². The molecule has 0 saturated heterocycles. The predicted molar refractivity (Wildman–Crippen MR) is 65.1 cm³/mol. The van der Waals surface area contributed by atoms with Gasteiger partial charge in [-0.25, -0.2) is 0 Å². The molecule has 1 aromatic rings. The molecule has 0 saturated carbocycles. The molecule has 0 spiro atoms. The summed E-state index contributed by atoms with van der Waals surface area (Å²) in [6.07, 6.45) is 0. The molecule has 15 heavy (non-hydrogen) atoms. The molecule has 0 unspecified atom stereocenters. The van der Waals surface area contributed by atoms with Gasteiger partial charge in [0.05, 0.1) is 0 Å². The minimum absolute atomic E-state index is 0.0888. The van der Waals surface area contributed by atoms with Crippen molar-refractivity contribution in [1.82, 2.24) is 5.32 Å². The molecule has 1 rings (SSSR count). The van der Waals surface area contributed by atoms with Crippen LogP contribution in [0.4, 0.5) is 0 Å². The quantitative estimate of drug-likeness (QED) is 0.877. The highest BCUT2D eigenvalue weighted by Crippen LogP contribution is 2.19. The zero-order valence-corrected chi connectivity index (χ0v) is 11.1. The monoisotopic (exact) mass is 291 g/mol. The highest BCUT2D eigenvalue weighted by atomic mass is 79.9. The molecule has 1 heterocycles. The van der Waals surface area contributed by atoms with E-state index in [0.29, 0.717) is 6.54 Å². The van der Waals surface area contributed by atoms with Crippen LogP contribution in [0.2, 0.25) is 0 Å². The number of aliphatic carboxylic acids is 1. The molecule has 1 aromatic heterocycles. The van der Waals surface area contributed by atoms with E-state index in [1.54, 1.807) is 11.3 Å². The Hall–Kier alpha value is -0.390. The molecule has 1 atom stereocenters. The van der Waals surface area contributed by atoms with Crippen LogP contribution in [0.3, 0.4) is 0 Å². The molecule has 5 heteroatoms. The van der Waals surface area contributed by atoms with Gasteiger partial charge in [0.1, 0.15) is 6.04 Å². The predicted octanol–water partition coefficient (Wildman–Crippen LogP) is 2.71. The number of hydrogen-bond donors (Lipinski definition) is 2. The minimum Gasteiger partial charge on any atom is -0.480 e. The highest BCUT2D eigenvalue weighted by Gasteiger charge is 2.20. The van der Waals surface area contributed by atoms with Crippen LogP contribution >= 0.6 is 27.3 Å². The van der Waals surface area contributed by atoms with E-state index < -0.39 is 12.0 Å². The van der Waals surface area contributed by atoms with Crippen LogP contribution < -0.4 is 5.32 Å². The Kier molecular flexibility index (Phi) is 4.76. The third-order valence-electron chi connectivity index (χ3n) is 2.05. The Morgan fingerprint density at radius 1 is 1.67 bits per heavy atom. The van der Waals surface area contributed by atoms with Gasteiger partial charge in [0, 0.05) is 21.3 Å². The number of carbonyl (C=O) groups is 1. The number of hydrogen-bond acceptors (Lipinski definition) is 3. The molecule has 2 N–H and O–H groups in total. The minimum atomic E-state index is -0.791. The fraction of sp³-hybridized carbons (Fsp3) is 0.500. The fourth-order valence-corrected chi connectivity index (χ4v) is 2.67. The van der Waals surface area contributed by atoms with Crippen molar-refractivity contribution in [2.75, 3.05) is 0 Å². The normalized spacial score (nSPS) is 13.1. The molecule has 84 valence electrons. The van der Waals surface area contributed by atoms with Gasteiger partial charge in [-0.05, 0) is 27.9 Å². The summed E-state index contributed by atoms with van der Waals surface area (Å²) in [5, 5.41) is 14.0. The van der Waals surface area contributed by atoms with E-state index in [0.717, 1.165) is 9.35 Å². The Bertz CT molecular complexity index is 338. The standard InChI is InChI=1S/C10H14BrNO2S/c1-6(2)9(10(13)14)12-4-8-3-7(11)5-15-8/h3,5-6,9,12H,4H2,1-2H3,(H,13,14)/t9-/m1/s1. The summed E-state index contributed by atoms with van der Waals surface area (Å²) >= 11 is 4.98. The summed E-state index contributed by atoms with van der Waals surface area (Å²) in [6, 6.07) is 1.52. The van der Waals surface area contributed by atoms with E-state index in [1.165, 1.54) is 0 Å². The summed E-state index contributed by atoms with van der Waals surface area (Å²) < 4.78 is 1.04. The van der Waals surface area contributed by atoms with Gasteiger partial charge >= 0.3 is 5.97 Å². The molecular weight excluding hydrogens is 278 g/mol. The zero-order valence-electron chi connectivity index (χ0n) is 8.66. The summed E-state index contributed by atoms with van der Waals surface area (Å²) in [7, 11) is 0. The van der Waals surface area contributed by atoms with E-state index in [9.17, 15) is 4.79 Å². The van der Waals surface area contributed by atoms with Crippen molar-refractivity contribution in [3.05, 3.63) is 20.8 Å². The first-order chi connectivity index (χ1) is 7.00. The van der Waals surface area contributed by atoms with Crippen molar-refractivity contribution in [2.24, 2.45) is 5.92 Å². The first-order valence-corrected chi connectivity index (χ1v) is 6.37. The maximum Gasteiger partial charge on any atom is 0.320 e. The van der Waals surface area contributed by atoms with E-state index in [1.807, 2.05) is 25.3 Å². The van der Waals surface area contributed by atoms with Crippen LogP contribution in [0.1, 0.15) is 18.7 Å². The lowest BCUT2D eigenvalue weighted by molar-refractivity contribution is -0.140. The Morgan fingerprint density at radius 2 is 2.33 bits per heavy atom. The van der Waals surface area contributed by atoms with Gasteiger partial charge in [0.15, 0.2) is 0 Å². The van der Waals surface area contributed by atoms with Crippen molar-refractivity contribution in [1.29, 1.82) is 0 Å². The van der Waals surface area contributed by atoms with Gasteiger partial charge in [-0.15, -0.1) is 11.3 Å². The SMILES string of the molecule is CC(C)[C@@H](NCc1cc(Br)cs1)C(=O)O. The van der Waals surface area contributed by atoms with Crippen molar-refractivity contribution in [3.63, 3.8) is 0 Å². The van der Waals surface area contributed by atoms with Crippen LogP contribution in [0.25, 0.3) is 0 Å². The van der Waals surface area contributed by atoms with Crippen molar-refractivity contribution >= 4 is 33.2 Å². The molecule has 3 nitrogen and oxygen atoms in total. The lowest BCUT2D eigenvalue weighted by atomic mass is 10.1. The lowest BCUT2D eigenvalue weighted by Gasteiger charge is -2.17. The van der Waals surface area contributed by atoms with Gasteiger partial charge < -0.3 is 5.11 Å². The van der Waals surface area contributed by atoms with Gasteiger partial charge in [-0.1, -0.05) is 13.8 Å². The topological polar surface area (TPSA) is 49.3 Å². The average molecular weight is 292 g/mol. The number of nitrogens with one attached hydrogen (secondary N) is 1. The van der Waals surface area contributed by atoms with Crippen molar-refractivity contribution < 1.29 is 9.90 Å². The van der Waals surface area contributed by atoms with Crippen LogP contribution in [0, 0.1) is 5.92 Å². The van der Waals surface area contributed by atoms with Crippen LogP contribution in [0.5, 0.6) is 0 Å². The highest BCUT2D eigenvalue weighted by molar-refractivity contribution is 9.10. The number of carboxylic acid groups (broad SMARTS) is 1. The molecular formula is C10H14BrNO2S. The summed E-state index contributed by atoms with van der Waals surface area (Å²) in [6.45, 7) is 4.40. The fourth-order valence-electron chi connectivity index (χ4n) is 1.27. The molecule has 0 aliphatic rings. The molecule has 0 bridgehead atoms. The smallest absolute Gasteiger partial charge is 0.320 e. The Morgan fingerprint density at radius 3 is 2.73 bits per heavy atom. The number of carboxylic acids is 1. The van der Waals surface area contributed by atoms with E-state index in [-0.39, 0.29) is 5.92 Å². The Labute approximate surface area is 102 Å². The lowest BCUT2D eigenvalue weighted by Crippen LogP contribution is -2.40. The summed E-state index contributed by atoms with van der Waals surface area (Å²) in [5.74, 6) is -0.702. The molecule has 0 aliphatic heterocycles. The summed E-state index contributed by atoms with van der Waals surface area (Å²) in [5.41, 5.74) is 0. The molecule has 0 aromatic carbocycles. The van der Waals surface area contributed by atoms with Gasteiger partial charge in [0.25, 0.3) is 0 Å². The molecule has 0 amide bonds. The van der Waals surface area contributed by atoms with Crippen molar-refractivity contribution in [2.45, 2.75) is 26.4 Å². The largest absolute Gasteiger partial charge is 0.480 e.